The van der Waals surface area contributed by atoms with E-state index in [1.165, 1.54) is 23.5 Å². The smallest absolute Gasteiger partial charge is 0.326 e. The summed E-state index contributed by atoms with van der Waals surface area (Å²) in [5, 5.41) is 0.552. The average molecular weight is 407 g/mol. The van der Waals surface area contributed by atoms with E-state index in [-0.39, 0.29) is 25.4 Å². The Morgan fingerprint density at radius 2 is 1.96 bits per heavy atom. The maximum atomic E-state index is 13.0. The second-order valence-electron chi connectivity index (χ2n) is 5.70. The number of halogens is 2. The first-order valence-electron chi connectivity index (χ1n) is 8.23. The molecule has 0 fully saturated rings. The van der Waals surface area contributed by atoms with E-state index in [0.717, 1.165) is 10.2 Å². The van der Waals surface area contributed by atoms with Crippen molar-refractivity contribution in [2.75, 3.05) is 6.61 Å². The molecule has 5 nitrogen and oxygen atoms in total. The molecule has 0 unspecified atom stereocenters. The number of hydrogen-bond acceptors (Lipinski definition) is 4. The van der Waals surface area contributed by atoms with Gasteiger partial charge >= 0.3 is 5.97 Å². The average Bonchev–Trinajstić information content (AvgIpc) is 2.93. The molecule has 0 radical (unpaired) electrons. The number of carbonyl (C=O) groups excluding carboxylic acids is 2. The van der Waals surface area contributed by atoms with Gasteiger partial charge in [0.05, 0.1) is 23.2 Å². The molecule has 0 aliphatic heterocycles. The first kappa shape index (κ1) is 19.3. The first-order valence-corrected chi connectivity index (χ1v) is 9.42. The second kappa shape index (κ2) is 8.45. The standard InChI is InChI=1S/C19H16ClFN2O3S/c1-2-26-18(25)11-23-15-8-5-13(20)10-16(15)27-19(23)22-17(24)9-12-3-6-14(21)7-4-12/h3-8,10H,2,9,11H2,1H3. The van der Waals surface area contributed by atoms with Gasteiger partial charge in [-0.15, -0.1) is 0 Å². The van der Waals surface area contributed by atoms with Crippen LogP contribution >= 0.6 is 22.9 Å². The minimum Gasteiger partial charge on any atom is -0.465 e. The first-order chi connectivity index (χ1) is 13.0. The molecule has 0 aliphatic carbocycles. The van der Waals surface area contributed by atoms with Gasteiger partial charge in [-0.2, -0.15) is 4.99 Å². The minimum absolute atomic E-state index is 0.0364. The van der Waals surface area contributed by atoms with Crippen LogP contribution in [-0.4, -0.2) is 23.1 Å². The van der Waals surface area contributed by atoms with E-state index in [9.17, 15) is 14.0 Å². The fourth-order valence-electron chi connectivity index (χ4n) is 2.54. The minimum atomic E-state index is -0.417. The van der Waals surface area contributed by atoms with Crippen LogP contribution < -0.4 is 4.80 Å². The Morgan fingerprint density at radius 1 is 1.22 bits per heavy atom. The predicted octanol–water partition coefficient (Wildman–Crippen LogP) is 3.73. The molecular formula is C19H16ClFN2O3S. The Balaban J connectivity index is 1.97. The highest BCUT2D eigenvalue weighted by molar-refractivity contribution is 7.16. The summed E-state index contributed by atoms with van der Waals surface area (Å²) >= 11 is 7.30. The molecule has 1 aromatic heterocycles. The highest BCUT2D eigenvalue weighted by Crippen LogP contribution is 2.22. The van der Waals surface area contributed by atoms with Gasteiger partial charge in [-0.3, -0.25) is 9.59 Å². The number of ether oxygens (including phenoxy) is 1. The number of esters is 1. The van der Waals surface area contributed by atoms with Gasteiger partial charge in [0.1, 0.15) is 12.4 Å². The summed E-state index contributed by atoms with van der Waals surface area (Å²) in [6.45, 7) is 1.94. The summed E-state index contributed by atoms with van der Waals surface area (Å²) in [5.74, 6) is -1.17. The van der Waals surface area contributed by atoms with Crippen LogP contribution in [0.4, 0.5) is 4.39 Å². The third-order valence-corrected chi connectivity index (χ3v) is 5.00. The number of carbonyl (C=O) groups is 2. The van der Waals surface area contributed by atoms with Crippen molar-refractivity contribution >= 4 is 45.0 Å². The Morgan fingerprint density at radius 3 is 2.67 bits per heavy atom. The number of aromatic nitrogens is 1. The number of benzene rings is 2. The Bertz CT molecular complexity index is 1060. The largest absolute Gasteiger partial charge is 0.465 e. The van der Waals surface area contributed by atoms with Crippen molar-refractivity contribution in [2.24, 2.45) is 4.99 Å². The summed E-state index contributed by atoms with van der Waals surface area (Å²) < 4.78 is 20.4. The van der Waals surface area contributed by atoms with Crippen molar-refractivity contribution in [3.05, 3.63) is 63.7 Å². The van der Waals surface area contributed by atoms with Gasteiger partial charge < -0.3 is 9.30 Å². The molecule has 0 saturated carbocycles. The maximum absolute atomic E-state index is 13.0. The zero-order valence-electron chi connectivity index (χ0n) is 14.4. The Kier molecular flexibility index (Phi) is 6.03. The molecule has 0 spiro atoms. The van der Waals surface area contributed by atoms with Gasteiger partial charge in [0, 0.05) is 5.02 Å². The van der Waals surface area contributed by atoms with E-state index in [0.29, 0.717) is 15.4 Å². The normalized spacial score (nSPS) is 11.7. The SMILES string of the molecule is CCOC(=O)Cn1c(=NC(=O)Cc2ccc(F)cc2)sc2cc(Cl)ccc21. The van der Waals surface area contributed by atoms with Gasteiger partial charge in [0.2, 0.25) is 0 Å². The predicted molar refractivity (Wildman–Crippen MR) is 102 cm³/mol. The van der Waals surface area contributed by atoms with Crippen molar-refractivity contribution in [1.82, 2.24) is 4.57 Å². The molecule has 0 aliphatic rings. The molecule has 3 aromatic rings. The van der Waals surface area contributed by atoms with Gasteiger partial charge in [-0.05, 0) is 42.8 Å². The van der Waals surface area contributed by atoms with Crippen LogP contribution in [0.5, 0.6) is 0 Å². The molecule has 0 atom stereocenters. The van der Waals surface area contributed by atoms with Crippen LogP contribution in [0.1, 0.15) is 12.5 Å². The Labute approximate surface area is 163 Å². The van der Waals surface area contributed by atoms with E-state index >= 15 is 0 Å². The molecule has 1 amide bonds. The van der Waals surface area contributed by atoms with Crippen LogP contribution in [0.3, 0.4) is 0 Å². The van der Waals surface area contributed by atoms with E-state index < -0.39 is 11.9 Å². The molecule has 0 N–H and O–H groups in total. The molecule has 1 heterocycles. The number of amides is 1. The van der Waals surface area contributed by atoms with E-state index in [1.807, 2.05) is 0 Å². The Hall–Kier alpha value is -2.51. The van der Waals surface area contributed by atoms with Crippen molar-refractivity contribution in [2.45, 2.75) is 19.9 Å². The van der Waals surface area contributed by atoms with Gasteiger partial charge in [-0.1, -0.05) is 35.1 Å². The molecule has 0 bridgehead atoms. The van der Waals surface area contributed by atoms with Gasteiger partial charge in [0.25, 0.3) is 5.91 Å². The van der Waals surface area contributed by atoms with Crippen molar-refractivity contribution < 1.29 is 18.7 Å². The molecular weight excluding hydrogens is 391 g/mol. The fraction of sp³-hybridized carbons (Fsp3) is 0.211. The molecule has 2 aromatic carbocycles. The molecule has 27 heavy (non-hydrogen) atoms. The fourth-order valence-corrected chi connectivity index (χ4v) is 3.87. The van der Waals surface area contributed by atoms with Crippen molar-refractivity contribution in [3.8, 4) is 0 Å². The lowest BCUT2D eigenvalue weighted by Gasteiger charge is -2.05. The van der Waals surface area contributed by atoms with Crippen molar-refractivity contribution in [1.29, 1.82) is 0 Å². The quantitative estimate of drug-likeness (QED) is 0.606. The van der Waals surface area contributed by atoms with Crippen LogP contribution in [0.15, 0.2) is 47.5 Å². The monoisotopic (exact) mass is 406 g/mol. The summed E-state index contributed by atoms with van der Waals surface area (Å²) in [6.07, 6.45) is 0.0364. The second-order valence-corrected chi connectivity index (χ2v) is 7.14. The lowest BCUT2D eigenvalue weighted by Crippen LogP contribution is -2.23. The number of rotatable bonds is 5. The summed E-state index contributed by atoms with van der Waals surface area (Å²) in [7, 11) is 0. The summed E-state index contributed by atoms with van der Waals surface area (Å²) in [4.78, 5) is 28.9. The lowest BCUT2D eigenvalue weighted by atomic mass is 10.1. The van der Waals surface area contributed by atoms with Crippen LogP contribution in [0, 0.1) is 5.82 Å². The van der Waals surface area contributed by atoms with Gasteiger partial charge in [0.15, 0.2) is 4.80 Å². The summed E-state index contributed by atoms with van der Waals surface area (Å²) in [5.41, 5.74) is 1.40. The molecule has 140 valence electrons. The topological polar surface area (TPSA) is 60.7 Å². The molecule has 8 heteroatoms. The van der Waals surface area contributed by atoms with Crippen LogP contribution in [0.2, 0.25) is 5.02 Å². The van der Waals surface area contributed by atoms with E-state index in [1.54, 1.807) is 41.8 Å². The number of fused-ring (bicyclic) bond motifs is 1. The number of hydrogen-bond donors (Lipinski definition) is 0. The third kappa shape index (κ3) is 4.81. The third-order valence-electron chi connectivity index (χ3n) is 3.73. The molecule has 3 rings (SSSR count). The zero-order chi connectivity index (χ0) is 19.4. The van der Waals surface area contributed by atoms with E-state index in [2.05, 4.69) is 4.99 Å². The van der Waals surface area contributed by atoms with E-state index in [4.69, 9.17) is 16.3 Å². The van der Waals surface area contributed by atoms with Crippen LogP contribution in [0.25, 0.3) is 10.2 Å². The lowest BCUT2D eigenvalue weighted by molar-refractivity contribution is -0.143. The summed E-state index contributed by atoms with van der Waals surface area (Å²) in [6, 6.07) is 10.9. The highest BCUT2D eigenvalue weighted by Gasteiger charge is 2.13. The zero-order valence-corrected chi connectivity index (χ0v) is 16.0. The van der Waals surface area contributed by atoms with Crippen molar-refractivity contribution in [3.63, 3.8) is 0 Å². The highest BCUT2D eigenvalue weighted by atomic mass is 35.5. The molecule has 0 saturated heterocycles. The number of thiazole rings is 1. The number of nitrogens with zero attached hydrogens (tertiary/aromatic N) is 2. The van der Waals surface area contributed by atoms with Crippen LogP contribution in [-0.2, 0) is 27.3 Å². The van der Waals surface area contributed by atoms with Gasteiger partial charge in [-0.25, -0.2) is 4.39 Å². The maximum Gasteiger partial charge on any atom is 0.326 e.